The Morgan fingerprint density at radius 1 is 1.19 bits per heavy atom. The van der Waals surface area contributed by atoms with Crippen LogP contribution in [0.2, 0.25) is 0 Å². The number of aromatic amines is 1. The smallest absolute Gasteiger partial charge is 0.237 e. The average molecular weight is 346 g/mol. The topological polar surface area (TPSA) is 69.8 Å². The normalized spacial score (nSPS) is 16.1. The Balaban J connectivity index is 1.39. The molecule has 1 aliphatic heterocycles. The Morgan fingerprint density at radius 3 is 2.88 bits per heavy atom. The number of amides is 1. The minimum atomic E-state index is -0.208. The van der Waals surface area contributed by atoms with Gasteiger partial charge in [0.15, 0.2) is 0 Å². The van der Waals surface area contributed by atoms with E-state index in [1.165, 1.54) is 11.1 Å². The molecule has 2 aromatic carbocycles. The maximum atomic E-state index is 12.5. The van der Waals surface area contributed by atoms with Crippen molar-refractivity contribution in [1.82, 2.24) is 20.8 Å². The van der Waals surface area contributed by atoms with Crippen LogP contribution in [0.15, 0.2) is 54.7 Å². The molecule has 0 saturated carbocycles. The number of hydrogen-bond acceptors (Lipinski definition) is 3. The van der Waals surface area contributed by atoms with Crippen molar-refractivity contribution in [3.8, 4) is 11.1 Å². The Kier molecular flexibility index (Phi) is 4.54. The molecule has 1 atom stereocenters. The zero-order chi connectivity index (χ0) is 17.9. The van der Waals surface area contributed by atoms with Crippen LogP contribution in [0.1, 0.15) is 22.4 Å². The molecule has 1 aliphatic rings. The molecule has 1 amide bonds. The molecule has 3 N–H and O–H groups in total. The maximum absolute atomic E-state index is 12.5. The van der Waals surface area contributed by atoms with Gasteiger partial charge in [0.25, 0.3) is 0 Å². The van der Waals surface area contributed by atoms with Gasteiger partial charge < -0.3 is 5.32 Å². The molecular formula is C21H22N4O. The third kappa shape index (κ3) is 3.53. The van der Waals surface area contributed by atoms with Crippen molar-refractivity contribution in [3.05, 3.63) is 77.1 Å². The zero-order valence-corrected chi connectivity index (χ0v) is 14.8. The molecule has 1 aromatic heterocycles. The Bertz CT molecular complexity index is 914. The summed E-state index contributed by atoms with van der Waals surface area (Å²) in [6.45, 7) is 3.26. The second-order valence-electron chi connectivity index (χ2n) is 6.80. The number of fused-ring (bicyclic) bond motifs is 1. The number of rotatable bonds is 4. The van der Waals surface area contributed by atoms with E-state index >= 15 is 0 Å². The van der Waals surface area contributed by atoms with E-state index in [0.717, 1.165) is 22.4 Å². The second-order valence-corrected chi connectivity index (χ2v) is 6.80. The summed E-state index contributed by atoms with van der Waals surface area (Å²) in [5.41, 5.74) is 6.88. The molecule has 3 aromatic rings. The van der Waals surface area contributed by atoms with E-state index in [0.29, 0.717) is 19.5 Å². The standard InChI is InChI=1S/C21H22N4O/c1-14-5-7-16(8-6-14)17-4-2-3-15(9-17)11-23-21(26)19-10-18-12-24-25-20(18)13-22-19/h2-9,12,19,22H,10-11,13H2,1H3,(H,23,26)(H,24,25). The number of aryl methyl sites for hydroxylation is 1. The highest BCUT2D eigenvalue weighted by molar-refractivity contribution is 5.82. The molecule has 0 fully saturated rings. The number of hydrogen-bond donors (Lipinski definition) is 3. The number of aromatic nitrogens is 2. The summed E-state index contributed by atoms with van der Waals surface area (Å²) in [6.07, 6.45) is 2.47. The van der Waals surface area contributed by atoms with E-state index in [-0.39, 0.29) is 11.9 Å². The van der Waals surface area contributed by atoms with Crippen LogP contribution in [-0.4, -0.2) is 22.1 Å². The van der Waals surface area contributed by atoms with Crippen LogP contribution in [0.5, 0.6) is 0 Å². The molecule has 0 spiro atoms. The SMILES string of the molecule is Cc1ccc(-c2cccc(CNC(=O)C3Cc4cn[nH]c4CN3)c2)cc1. The first-order valence-electron chi connectivity index (χ1n) is 8.87. The van der Waals surface area contributed by atoms with Gasteiger partial charge in [-0.05, 0) is 35.2 Å². The molecule has 1 unspecified atom stereocenters. The largest absolute Gasteiger partial charge is 0.351 e. The summed E-state index contributed by atoms with van der Waals surface area (Å²) in [6, 6.07) is 16.6. The molecule has 5 nitrogen and oxygen atoms in total. The first kappa shape index (κ1) is 16.5. The fourth-order valence-electron chi connectivity index (χ4n) is 3.29. The molecule has 26 heavy (non-hydrogen) atoms. The van der Waals surface area contributed by atoms with Crippen LogP contribution < -0.4 is 10.6 Å². The van der Waals surface area contributed by atoms with Crippen molar-refractivity contribution in [2.75, 3.05) is 0 Å². The number of carbonyl (C=O) groups excluding carboxylic acids is 1. The van der Waals surface area contributed by atoms with Gasteiger partial charge in [-0.3, -0.25) is 15.2 Å². The number of nitrogens with one attached hydrogen (secondary N) is 3. The Morgan fingerprint density at radius 2 is 2.04 bits per heavy atom. The molecule has 4 rings (SSSR count). The van der Waals surface area contributed by atoms with E-state index in [1.54, 1.807) is 0 Å². The van der Waals surface area contributed by atoms with E-state index in [4.69, 9.17) is 0 Å². The van der Waals surface area contributed by atoms with Gasteiger partial charge in [-0.1, -0.05) is 48.0 Å². The summed E-state index contributed by atoms with van der Waals surface area (Å²) in [5, 5.41) is 13.3. The summed E-state index contributed by atoms with van der Waals surface area (Å²) in [7, 11) is 0. The number of benzene rings is 2. The molecule has 0 bridgehead atoms. The number of H-pyrrole nitrogens is 1. The molecular weight excluding hydrogens is 324 g/mol. The summed E-state index contributed by atoms with van der Waals surface area (Å²) in [5.74, 6) is 0.0255. The zero-order valence-electron chi connectivity index (χ0n) is 14.8. The van der Waals surface area contributed by atoms with Gasteiger partial charge in [0.1, 0.15) is 0 Å². The third-order valence-electron chi connectivity index (χ3n) is 4.85. The first-order valence-corrected chi connectivity index (χ1v) is 8.87. The lowest BCUT2D eigenvalue weighted by atomic mass is 10.0. The first-order chi connectivity index (χ1) is 12.7. The van der Waals surface area contributed by atoms with E-state index in [1.807, 2.05) is 18.3 Å². The Labute approximate surface area is 152 Å². The predicted molar refractivity (Wildman–Crippen MR) is 101 cm³/mol. The number of carbonyl (C=O) groups is 1. The van der Waals surface area contributed by atoms with Gasteiger partial charge in [0.2, 0.25) is 5.91 Å². The quantitative estimate of drug-likeness (QED) is 0.680. The van der Waals surface area contributed by atoms with Crippen molar-refractivity contribution < 1.29 is 4.79 Å². The fraction of sp³-hybridized carbons (Fsp3) is 0.238. The lowest BCUT2D eigenvalue weighted by Crippen LogP contribution is -2.47. The second kappa shape index (κ2) is 7.14. The Hall–Kier alpha value is -2.92. The molecule has 0 aliphatic carbocycles. The summed E-state index contributed by atoms with van der Waals surface area (Å²) in [4.78, 5) is 12.5. The fourth-order valence-corrected chi connectivity index (χ4v) is 3.29. The van der Waals surface area contributed by atoms with Crippen LogP contribution in [0.4, 0.5) is 0 Å². The van der Waals surface area contributed by atoms with Crippen molar-refractivity contribution in [1.29, 1.82) is 0 Å². The van der Waals surface area contributed by atoms with Crippen LogP contribution in [0.3, 0.4) is 0 Å². The van der Waals surface area contributed by atoms with Gasteiger partial charge in [0, 0.05) is 19.5 Å². The lowest BCUT2D eigenvalue weighted by Gasteiger charge is -2.22. The summed E-state index contributed by atoms with van der Waals surface area (Å²) < 4.78 is 0. The van der Waals surface area contributed by atoms with E-state index in [9.17, 15) is 4.79 Å². The maximum Gasteiger partial charge on any atom is 0.237 e. The summed E-state index contributed by atoms with van der Waals surface area (Å²) >= 11 is 0. The predicted octanol–water partition coefficient (Wildman–Crippen LogP) is 2.72. The van der Waals surface area contributed by atoms with Crippen molar-refractivity contribution in [3.63, 3.8) is 0 Å². The minimum absolute atomic E-state index is 0.0255. The van der Waals surface area contributed by atoms with Crippen molar-refractivity contribution in [2.45, 2.75) is 32.5 Å². The molecule has 5 heteroatoms. The van der Waals surface area contributed by atoms with Gasteiger partial charge >= 0.3 is 0 Å². The van der Waals surface area contributed by atoms with Crippen LogP contribution in [-0.2, 0) is 24.3 Å². The highest BCUT2D eigenvalue weighted by Gasteiger charge is 2.24. The van der Waals surface area contributed by atoms with Crippen molar-refractivity contribution in [2.24, 2.45) is 0 Å². The minimum Gasteiger partial charge on any atom is -0.351 e. The van der Waals surface area contributed by atoms with Crippen molar-refractivity contribution >= 4 is 5.91 Å². The monoisotopic (exact) mass is 346 g/mol. The van der Waals surface area contributed by atoms with E-state index < -0.39 is 0 Å². The van der Waals surface area contributed by atoms with Gasteiger partial charge in [-0.15, -0.1) is 0 Å². The molecule has 132 valence electrons. The highest BCUT2D eigenvalue weighted by atomic mass is 16.2. The lowest BCUT2D eigenvalue weighted by molar-refractivity contribution is -0.123. The van der Waals surface area contributed by atoms with Crippen LogP contribution in [0.25, 0.3) is 11.1 Å². The van der Waals surface area contributed by atoms with Gasteiger partial charge in [-0.2, -0.15) is 5.10 Å². The van der Waals surface area contributed by atoms with Gasteiger partial charge in [-0.25, -0.2) is 0 Å². The molecule has 0 saturated heterocycles. The van der Waals surface area contributed by atoms with Gasteiger partial charge in [0.05, 0.1) is 17.9 Å². The molecule has 2 heterocycles. The van der Waals surface area contributed by atoms with Crippen LogP contribution >= 0.6 is 0 Å². The third-order valence-corrected chi connectivity index (χ3v) is 4.85. The highest BCUT2D eigenvalue weighted by Crippen LogP contribution is 2.21. The van der Waals surface area contributed by atoms with Crippen LogP contribution in [0, 0.1) is 6.92 Å². The number of nitrogens with zero attached hydrogens (tertiary/aromatic N) is 1. The van der Waals surface area contributed by atoms with E-state index in [2.05, 4.69) is 64.2 Å². The average Bonchev–Trinajstić information content (AvgIpc) is 3.15. The molecule has 0 radical (unpaired) electrons.